The van der Waals surface area contributed by atoms with Gasteiger partial charge in [-0.1, -0.05) is 25.1 Å². The highest BCUT2D eigenvalue weighted by Crippen LogP contribution is 2.41. The lowest BCUT2D eigenvalue weighted by Gasteiger charge is -2.18. The quantitative estimate of drug-likeness (QED) is 0.438. The van der Waals surface area contributed by atoms with Crippen LogP contribution in [0.15, 0.2) is 41.4 Å². The van der Waals surface area contributed by atoms with E-state index in [1.54, 1.807) is 24.6 Å². The fourth-order valence-corrected chi connectivity index (χ4v) is 5.13. The Morgan fingerprint density at radius 2 is 1.91 bits per heavy atom. The van der Waals surface area contributed by atoms with Gasteiger partial charge in [-0.2, -0.15) is 5.10 Å². The monoisotopic (exact) mass is 496 g/mol. The fraction of sp³-hybridized carbons (Fsp3) is 0.400. The molecule has 2 unspecified atom stereocenters. The number of hydrogen-bond acceptors (Lipinski definition) is 5. The lowest BCUT2D eigenvalue weighted by molar-refractivity contribution is 0.0711. The molecule has 0 bridgehead atoms. The summed E-state index contributed by atoms with van der Waals surface area (Å²) in [7, 11) is -1.67. The highest BCUT2D eigenvalue weighted by atomic mass is 32.2. The largest absolute Gasteiger partial charge is 0.384 e. The molecule has 0 saturated carbocycles. The predicted octanol–water partition coefficient (Wildman–Crippen LogP) is 3.19. The number of benzene rings is 1. The van der Waals surface area contributed by atoms with Crippen LogP contribution in [0.3, 0.4) is 0 Å². The third-order valence-corrected chi connectivity index (χ3v) is 7.03. The molecule has 2 aliphatic carbocycles. The molecule has 2 aromatic heterocycles. The van der Waals surface area contributed by atoms with Crippen LogP contribution >= 0.6 is 0 Å². The first kappa shape index (κ1) is 25.0. The number of aryl methyl sites for hydroxylation is 1. The van der Waals surface area contributed by atoms with E-state index in [0.29, 0.717) is 11.6 Å². The van der Waals surface area contributed by atoms with E-state index in [1.807, 2.05) is 30.3 Å². The molecular formula is C25H32N6O3S. The maximum Gasteiger partial charge on any atom is 0.316 e. The average Bonchev–Trinajstić information content (AvgIpc) is 3.53. The highest BCUT2D eigenvalue weighted by Gasteiger charge is 2.29. The van der Waals surface area contributed by atoms with Gasteiger partial charge in [0.2, 0.25) is 0 Å². The first-order valence-electron chi connectivity index (χ1n) is 11.7. The maximum absolute atomic E-state index is 11.3. The fourth-order valence-electron chi connectivity index (χ4n) is 4.74. The Balaban J connectivity index is 0.000000165. The summed E-state index contributed by atoms with van der Waals surface area (Å²) in [6, 6.07) is 10.4. The number of para-hydroxylation sites is 1. The van der Waals surface area contributed by atoms with E-state index in [9.17, 15) is 14.1 Å². The Morgan fingerprint density at radius 3 is 2.54 bits per heavy atom. The minimum Gasteiger partial charge on any atom is -0.384 e. The summed E-state index contributed by atoms with van der Waals surface area (Å²) in [4.78, 5) is 15.9. The lowest BCUT2D eigenvalue weighted by atomic mass is 10.0. The van der Waals surface area contributed by atoms with Crippen molar-refractivity contribution < 1.29 is 14.1 Å². The molecule has 2 heterocycles. The topological polar surface area (TPSA) is 149 Å². The molecule has 0 radical (unpaired) electrons. The first-order valence-corrected chi connectivity index (χ1v) is 12.9. The molecule has 0 aliphatic heterocycles. The number of aromatic nitrogens is 3. The molecule has 35 heavy (non-hydrogen) atoms. The standard InChI is InChI=1S/C13H17N3O.C12H15N3O2S/c1-7-5-6-9-11(7)15-10-4-2-3-8(10)12(9)16-13(14)17;1-12(2,16)10-8-11(18(13)17)14-15(10)9-6-4-3-5-7-9/h7H,2-6H2,1H3,(H3,14,15,16,17);3-8,16H,13H2,1-2H3. The molecule has 2 amide bonds. The Kier molecular flexibility index (Phi) is 7.07. The van der Waals surface area contributed by atoms with Crippen molar-refractivity contribution in [3.63, 3.8) is 0 Å². The van der Waals surface area contributed by atoms with Crippen LogP contribution in [0.1, 0.15) is 67.7 Å². The number of amides is 2. The van der Waals surface area contributed by atoms with E-state index in [1.165, 1.54) is 22.5 Å². The number of aliphatic hydroxyl groups is 1. The minimum atomic E-state index is -1.67. The van der Waals surface area contributed by atoms with Gasteiger partial charge in [0, 0.05) is 17.5 Å². The summed E-state index contributed by atoms with van der Waals surface area (Å²) in [5.41, 5.74) is 11.3. The van der Waals surface area contributed by atoms with Crippen LogP contribution in [0, 0.1) is 0 Å². The van der Waals surface area contributed by atoms with Crippen molar-refractivity contribution in [3.05, 3.63) is 64.6 Å². The van der Waals surface area contributed by atoms with Crippen molar-refractivity contribution in [1.29, 1.82) is 0 Å². The number of fused-ring (bicyclic) bond motifs is 2. The van der Waals surface area contributed by atoms with Crippen LogP contribution < -0.4 is 16.2 Å². The van der Waals surface area contributed by atoms with Crippen molar-refractivity contribution in [2.24, 2.45) is 10.9 Å². The second-order valence-electron chi connectivity index (χ2n) is 9.53. The number of primary amides is 1. The number of anilines is 1. The molecule has 0 spiro atoms. The molecule has 10 heteroatoms. The number of urea groups is 1. The van der Waals surface area contributed by atoms with Crippen LogP contribution in [0.2, 0.25) is 0 Å². The SMILES string of the molecule is CC(C)(O)c1cc(S(N)=O)nn1-c1ccccc1.CC1CCc2c1nc1c(c2NC(N)=O)CCC1. The molecule has 2 aliphatic rings. The van der Waals surface area contributed by atoms with Gasteiger partial charge in [-0.25, -0.2) is 18.8 Å². The van der Waals surface area contributed by atoms with Crippen molar-refractivity contribution in [3.8, 4) is 5.69 Å². The molecule has 2 atom stereocenters. The van der Waals surface area contributed by atoms with Gasteiger partial charge in [0.25, 0.3) is 0 Å². The summed E-state index contributed by atoms with van der Waals surface area (Å²) in [5, 5.41) is 22.7. The van der Waals surface area contributed by atoms with E-state index in [4.69, 9.17) is 15.9 Å². The van der Waals surface area contributed by atoms with Gasteiger partial charge >= 0.3 is 6.03 Å². The zero-order chi connectivity index (χ0) is 25.3. The molecule has 3 aromatic rings. The van der Waals surface area contributed by atoms with Crippen molar-refractivity contribution in [2.45, 2.75) is 69.4 Å². The maximum atomic E-state index is 11.3. The number of nitrogens with one attached hydrogen (secondary N) is 1. The van der Waals surface area contributed by atoms with Crippen LogP contribution in [0.4, 0.5) is 10.5 Å². The van der Waals surface area contributed by atoms with Crippen molar-refractivity contribution in [2.75, 3.05) is 5.32 Å². The van der Waals surface area contributed by atoms with E-state index in [-0.39, 0.29) is 5.03 Å². The van der Waals surface area contributed by atoms with Crippen LogP contribution in [-0.4, -0.2) is 30.1 Å². The van der Waals surface area contributed by atoms with Crippen LogP contribution in [-0.2, 0) is 35.8 Å². The Morgan fingerprint density at radius 1 is 1.20 bits per heavy atom. The summed E-state index contributed by atoms with van der Waals surface area (Å²) in [5.74, 6) is 0.504. The zero-order valence-electron chi connectivity index (χ0n) is 20.2. The molecule has 1 aromatic carbocycles. The zero-order valence-corrected chi connectivity index (χ0v) is 21.1. The summed E-state index contributed by atoms with van der Waals surface area (Å²) in [6.07, 6.45) is 5.31. The number of pyridine rings is 1. The van der Waals surface area contributed by atoms with Gasteiger partial charge in [0.05, 0.1) is 17.1 Å². The molecule has 6 N–H and O–H groups in total. The Bertz CT molecular complexity index is 1270. The summed E-state index contributed by atoms with van der Waals surface area (Å²) < 4.78 is 12.9. The normalized spacial score (nSPS) is 17.2. The van der Waals surface area contributed by atoms with Crippen LogP contribution in [0.5, 0.6) is 0 Å². The minimum absolute atomic E-state index is 0.246. The van der Waals surface area contributed by atoms with E-state index in [0.717, 1.165) is 43.5 Å². The third-order valence-electron chi connectivity index (χ3n) is 6.42. The molecule has 0 saturated heterocycles. The lowest BCUT2D eigenvalue weighted by Crippen LogP contribution is -2.21. The molecule has 5 rings (SSSR count). The Labute approximate surface area is 207 Å². The Hall–Kier alpha value is -3.08. The summed E-state index contributed by atoms with van der Waals surface area (Å²) in [6.45, 7) is 5.49. The molecule has 0 fully saturated rings. The third kappa shape index (κ3) is 5.29. The summed E-state index contributed by atoms with van der Waals surface area (Å²) >= 11 is 0. The molecule has 186 valence electrons. The van der Waals surface area contributed by atoms with E-state index in [2.05, 4.69) is 17.3 Å². The van der Waals surface area contributed by atoms with Gasteiger partial charge < -0.3 is 16.2 Å². The van der Waals surface area contributed by atoms with E-state index >= 15 is 0 Å². The molecular weight excluding hydrogens is 464 g/mol. The number of carbonyl (C=O) groups is 1. The van der Waals surface area contributed by atoms with Gasteiger partial charge in [-0.15, -0.1) is 0 Å². The first-order chi connectivity index (χ1) is 16.6. The highest BCUT2D eigenvalue weighted by molar-refractivity contribution is 7.82. The predicted molar refractivity (Wildman–Crippen MR) is 136 cm³/mol. The van der Waals surface area contributed by atoms with Gasteiger partial charge in [0.15, 0.2) is 5.03 Å². The van der Waals surface area contributed by atoms with Gasteiger partial charge in [-0.3, -0.25) is 4.98 Å². The number of nitrogens with two attached hydrogens (primary N) is 2. The van der Waals surface area contributed by atoms with Crippen molar-refractivity contribution in [1.82, 2.24) is 14.8 Å². The number of rotatable bonds is 4. The number of carbonyl (C=O) groups excluding carboxylic acids is 1. The second-order valence-corrected chi connectivity index (χ2v) is 10.5. The van der Waals surface area contributed by atoms with E-state index < -0.39 is 22.6 Å². The smallest absolute Gasteiger partial charge is 0.316 e. The number of hydrogen-bond donors (Lipinski definition) is 4. The molecule has 9 nitrogen and oxygen atoms in total. The van der Waals surface area contributed by atoms with Crippen molar-refractivity contribution >= 4 is 22.7 Å². The second kappa shape index (κ2) is 9.88. The average molecular weight is 497 g/mol. The number of nitrogens with zero attached hydrogens (tertiary/aromatic N) is 3. The van der Waals surface area contributed by atoms with Crippen LogP contribution in [0.25, 0.3) is 5.69 Å². The van der Waals surface area contributed by atoms with Gasteiger partial charge in [0.1, 0.15) is 16.6 Å². The van der Waals surface area contributed by atoms with Gasteiger partial charge in [-0.05, 0) is 75.1 Å².